The molecule has 0 aromatic carbocycles. The Morgan fingerprint density at radius 3 is 2.90 bits per heavy atom. The molecule has 2 unspecified atom stereocenters. The lowest BCUT2D eigenvalue weighted by Crippen LogP contribution is -2.38. The van der Waals surface area contributed by atoms with E-state index < -0.39 is 0 Å². The molecule has 2 atom stereocenters. The van der Waals surface area contributed by atoms with E-state index in [4.69, 9.17) is 4.98 Å². The number of aromatic nitrogens is 1. The summed E-state index contributed by atoms with van der Waals surface area (Å²) in [5, 5.41) is 3.87. The van der Waals surface area contributed by atoms with Gasteiger partial charge in [-0.15, -0.1) is 0 Å². The minimum atomic E-state index is 0.641. The fourth-order valence-corrected chi connectivity index (χ4v) is 4.36. The molecule has 1 N–H and O–H groups in total. The first-order valence-corrected chi connectivity index (χ1v) is 9.05. The maximum Gasteiger partial charge on any atom is 0.0481 e. The van der Waals surface area contributed by atoms with Gasteiger partial charge in [-0.2, -0.15) is 0 Å². The van der Waals surface area contributed by atoms with Crippen molar-refractivity contribution in [2.24, 2.45) is 5.92 Å². The standard InChI is InChI=1S/C19H30N2/c1-2-12-20-18(14-15-7-3-4-8-15)17-11-5-9-16-10-6-13-21-19(16)17/h6,10,13,15,17-18,20H,2-5,7-9,11-12,14H2,1H3. The predicted octanol–water partition coefficient (Wildman–Crippen LogP) is 4.45. The first-order chi connectivity index (χ1) is 10.4. The number of nitrogens with zero attached hydrogens (tertiary/aromatic N) is 1. The van der Waals surface area contributed by atoms with E-state index in [1.165, 1.54) is 69.0 Å². The summed E-state index contributed by atoms with van der Waals surface area (Å²) in [5.41, 5.74) is 2.90. The smallest absolute Gasteiger partial charge is 0.0481 e. The molecule has 2 nitrogen and oxygen atoms in total. The van der Waals surface area contributed by atoms with Gasteiger partial charge in [0.15, 0.2) is 0 Å². The highest BCUT2D eigenvalue weighted by Crippen LogP contribution is 2.37. The lowest BCUT2D eigenvalue weighted by atomic mass is 9.78. The van der Waals surface area contributed by atoms with E-state index in [2.05, 4.69) is 24.4 Å². The third-order valence-electron chi connectivity index (χ3n) is 5.44. The molecule has 0 aliphatic heterocycles. The van der Waals surface area contributed by atoms with Gasteiger partial charge in [-0.3, -0.25) is 4.98 Å². The van der Waals surface area contributed by atoms with E-state index in [0.29, 0.717) is 12.0 Å². The van der Waals surface area contributed by atoms with Crippen LogP contribution in [0.1, 0.15) is 75.5 Å². The second kappa shape index (κ2) is 7.40. The van der Waals surface area contributed by atoms with Crippen LogP contribution in [0.2, 0.25) is 0 Å². The van der Waals surface area contributed by atoms with Crippen molar-refractivity contribution < 1.29 is 0 Å². The van der Waals surface area contributed by atoms with Gasteiger partial charge in [0.25, 0.3) is 0 Å². The van der Waals surface area contributed by atoms with Crippen molar-refractivity contribution in [3.8, 4) is 0 Å². The molecular formula is C19H30N2. The average Bonchev–Trinajstić information content (AvgIpc) is 3.04. The summed E-state index contributed by atoms with van der Waals surface area (Å²) >= 11 is 0. The van der Waals surface area contributed by atoms with Crippen molar-refractivity contribution in [3.05, 3.63) is 29.6 Å². The van der Waals surface area contributed by atoms with Gasteiger partial charge in [0.1, 0.15) is 0 Å². The van der Waals surface area contributed by atoms with Crippen molar-refractivity contribution in [1.29, 1.82) is 0 Å². The summed E-state index contributed by atoms with van der Waals surface area (Å²) in [6, 6.07) is 5.04. The molecule has 0 spiro atoms. The van der Waals surface area contributed by atoms with Crippen LogP contribution in [0.3, 0.4) is 0 Å². The predicted molar refractivity (Wildman–Crippen MR) is 88.6 cm³/mol. The van der Waals surface area contributed by atoms with Crippen molar-refractivity contribution in [1.82, 2.24) is 10.3 Å². The van der Waals surface area contributed by atoms with E-state index in [1.807, 2.05) is 6.20 Å². The lowest BCUT2D eigenvalue weighted by Gasteiger charge is -2.33. The second-order valence-corrected chi connectivity index (χ2v) is 6.99. The number of hydrogen-bond acceptors (Lipinski definition) is 2. The molecule has 116 valence electrons. The molecule has 2 aliphatic carbocycles. The van der Waals surface area contributed by atoms with E-state index in [1.54, 1.807) is 0 Å². The van der Waals surface area contributed by atoms with Crippen LogP contribution in [0.25, 0.3) is 0 Å². The summed E-state index contributed by atoms with van der Waals surface area (Å²) in [5.74, 6) is 1.59. The monoisotopic (exact) mass is 286 g/mol. The molecule has 1 saturated carbocycles. The molecule has 0 radical (unpaired) electrons. The lowest BCUT2D eigenvalue weighted by molar-refractivity contribution is 0.318. The van der Waals surface area contributed by atoms with Crippen molar-refractivity contribution >= 4 is 0 Å². The Labute approximate surface area is 129 Å². The van der Waals surface area contributed by atoms with Crippen LogP contribution in [0, 0.1) is 5.92 Å². The molecule has 2 aliphatic rings. The molecule has 3 rings (SSSR count). The summed E-state index contributed by atoms with van der Waals surface area (Å²) in [6.45, 7) is 3.42. The quantitative estimate of drug-likeness (QED) is 0.835. The Morgan fingerprint density at radius 2 is 2.10 bits per heavy atom. The van der Waals surface area contributed by atoms with Crippen LogP contribution in [0.5, 0.6) is 0 Å². The highest BCUT2D eigenvalue weighted by molar-refractivity contribution is 5.27. The van der Waals surface area contributed by atoms with Crippen LogP contribution >= 0.6 is 0 Å². The van der Waals surface area contributed by atoms with Crippen molar-refractivity contribution in [2.75, 3.05) is 6.54 Å². The molecule has 1 aromatic rings. The Bertz CT molecular complexity index is 437. The van der Waals surface area contributed by atoms with Gasteiger partial charge in [-0.25, -0.2) is 0 Å². The number of pyridine rings is 1. The summed E-state index contributed by atoms with van der Waals surface area (Å²) in [4.78, 5) is 4.76. The molecule has 1 aromatic heterocycles. The molecule has 2 heteroatoms. The zero-order valence-corrected chi connectivity index (χ0v) is 13.5. The first-order valence-electron chi connectivity index (χ1n) is 9.05. The van der Waals surface area contributed by atoms with Crippen molar-refractivity contribution in [3.63, 3.8) is 0 Å². The molecule has 21 heavy (non-hydrogen) atoms. The van der Waals surface area contributed by atoms with E-state index >= 15 is 0 Å². The highest BCUT2D eigenvalue weighted by Gasteiger charge is 2.31. The Balaban J connectivity index is 1.75. The number of aryl methyl sites for hydroxylation is 1. The minimum absolute atomic E-state index is 0.641. The van der Waals surface area contributed by atoms with Gasteiger partial charge in [0.2, 0.25) is 0 Å². The van der Waals surface area contributed by atoms with E-state index in [-0.39, 0.29) is 0 Å². The van der Waals surface area contributed by atoms with Gasteiger partial charge in [-0.05, 0) is 56.2 Å². The number of nitrogens with one attached hydrogen (secondary N) is 1. The van der Waals surface area contributed by atoms with Crippen molar-refractivity contribution in [2.45, 2.75) is 76.7 Å². The van der Waals surface area contributed by atoms with Gasteiger partial charge in [-0.1, -0.05) is 38.7 Å². The number of rotatable bonds is 6. The van der Waals surface area contributed by atoms with E-state index in [0.717, 1.165) is 12.5 Å². The fraction of sp³-hybridized carbons (Fsp3) is 0.737. The Hall–Kier alpha value is -0.890. The highest BCUT2D eigenvalue weighted by atomic mass is 14.9. The topological polar surface area (TPSA) is 24.9 Å². The van der Waals surface area contributed by atoms with Crippen LogP contribution in [-0.2, 0) is 6.42 Å². The normalized spacial score (nSPS) is 24.0. The summed E-state index contributed by atoms with van der Waals surface area (Å²) in [6.07, 6.45) is 14.3. The van der Waals surface area contributed by atoms with Crippen LogP contribution in [0.15, 0.2) is 18.3 Å². The fourth-order valence-electron chi connectivity index (χ4n) is 4.36. The molecule has 1 fully saturated rings. The number of fused-ring (bicyclic) bond motifs is 1. The Morgan fingerprint density at radius 1 is 1.24 bits per heavy atom. The zero-order valence-electron chi connectivity index (χ0n) is 13.5. The average molecular weight is 286 g/mol. The maximum atomic E-state index is 4.76. The second-order valence-electron chi connectivity index (χ2n) is 6.99. The summed E-state index contributed by atoms with van der Waals surface area (Å²) in [7, 11) is 0. The largest absolute Gasteiger partial charge is 0.313 e. The SMILES string of the molecule is CCCNC(CC1CCCC1)C1CCCc2cccnc21. The third-order valence-corrected chi connectivity index (χ3v) is 5.44. The van der Waals surface area contributed by atoms with Gasteiger partial charge >= 0.3 is 0 Å². The molecule has 1 heterocycles. The van der Waals surface area contributed by atoms with Gasteiger partial charge in [0.05, 0.1) is 0 Å². The van der Waals surface area contributed by atoms with Crippen LogP contribution < -0.4 is 5.32 Å². The van der Waals surface area contributed by atoms with Crippen LogP contribution in [0.4, 0.5) is 0 Å². The zero-order chi connectivity index (χ0) is 14.5. The number of hydrogen-bond donors (Lipinski definition) is 1. The van der Waals surface area contributed by atoms with Crippen LogP contribution in [-0.4, -0.2) is 17.6 Å². The van der Waals surface area contributed by atoms with Gasteiger partial charge < -0.3 is 5.32 Å². The molecule has 0 saturated heterocycles. The molecule has 0 bridgehead atoms. The van der Waals surface area contributed by atoms with E-state index in [9.17, 15) is 0 Å². The van der Waals surface area contributed by atoms with Gasteiger partial charge in [0, 0.05) is 23.9 Å². The maximum absolute atomic E-state index is 4.76. The molecule has 0 amide bonds. The minimum Gasteiger partial charge on any atom is -0.313 e. The third kappa shape index (κ3) is 3.66. The Kier molecular flexibility index (Phi) is 5.29. The summed E-state index contributed by atoms with van der Waals surface area (Å²) < 4.78 is 0. The molecular weight excluding hydrogens is 256 g/mol. The first kappa shape index (κ1) is 15.0.